The van der Waals surface area contributed by atoms with Gasteiger partial charge < -0.3 is 4.84 Å². The van der Waals surface area contributed by atoms with Crippen LogP contribution in [0.3, 0.4) is 0 Å². The molecule has 0 saturated carbocycles. The largest absolute Gasteiger partial charge is 0.416 e. The van der Waals surface area contributed by atoms with Crippen molar-refractivity contribution in [1.29, 1.82) is 0 Å². The lowest BCUT2D eigenvalue weighted by atomic mass is 9.82. The lowest BCUT2D eigenvalue weighted by Gasteiger charge is -2.27. The summed E-state index contributed by atoms with van der Waals surface area (Å²) in [5.41, 5.74) is -2.00. The van der Waals surface area contributed by atoms with E-state index in [2.05, 4.69) is 4.84 Å². The number of nitrogens with two attached hydrogens (primary N) is 1. The topological polar surface area (TPSA) is 35.2 Å². The minimum absolute atomic E-state index is 0.0446. The van der Waals surface area contributed by atoms with Crippen molar-refractivity contribution in [3.8, 4) is 0 Å². The van der Waals surface area contributed by atoms with E-state index in [0.717, 1.165) is 12.1 Å². The van der Waals surface area contributed by atoms with Crippen LogP contribution in [0.25, 0.3) is 0 Å². The molecular formula is C11H13F4NO. The Morgan fingerprint density at radius 3 is 2.24 bits per heavy atom. The highest BCUT2D eigenvalue weighted by Crippen LogP contribution is 2.37. The Balaban J connectivity index is 3.33. The van der Waals surface area contributed by atoms with Gasteiger partial charge in [0.25, 0.3) is 0 Å². The Kier molecular flexibility index (Phi) is 3.78. The van der Waals surface area contributed by atoms with Crippen LogP contribution in [0.4, 0.5) is 17.6 Å². The molecule has 1 aromatic carbocycles. The molecule has 2 nitrogen and oxygen atoms in total. The Morgan fingerprint density at radius 2 is 1.76 bits per heavy atom. The second kappa shape index (κ2) is 4.62. The van der Waals surface area contributed by atoms with Crippen LogP contribution in [-0.2, 0) is 16.4 Å². The molecule has 0 heterocycles. The second-order valence-electron chi connectivity index (χ2n) is 4.38. The van der Waals surface area contributed by atoms with Crippen molar-refractivity contribution in [2.75, 3.05) is 6.61 Å². The summed E-state index contributed by atoms with van der Waals surface area (Å²) in [7, 11) is 0. The number of hydrogen-bond donors (Lipinski definition) is 1. The summed E-state index contributed by atoms with van der Waals surface area (Å²) in [5.74, 6) is 3.96. The maximum atomic E-state index is 12.9. The first-order valence-electron chi connectivity index (χ1n) is 4.87. The Labute approximate surface area is 96.3 Å². The smallest absolute Gasteiger partial charge is 0.304 e. The van der Waals surface area contributed by atoms with Crippen molar-refractivity contribution >= 4 is 0 Å². The predicted molar refractivity (Wildman–Crippen MR) is 54.6 cm³/mol. The summed E-state index contributed by atoms with van der Waals surface area (Å²) in [6, 6.07) is 2.58. The Morgan fingerprint density at radius 1 is 1.18 bits per heavy atom. The highest BCUT2D eigenvalue weighted by molar-refractivity contribution is 5.36. The first kappa shape index (κ1) is 13.9. The number of halogens is 4. The van der Waals surface area contributed by atoms with Gasteiger partial charge in [0.05, 0.1) is 12.2 Å². The summed E-state index contributed by atoms with van der Waals surface area (Å²) in [6.07, 6.45) is -4.61. The number of rotatable bonds is 3. The van der Waals surface area contributed by atoms with Crippen molar-refractivity contribution in [3.05, 3.63) is 35.1 Å². The van der Waals surface area contributed by atoms with Gasteiger partial charge in [-0.1, -0.05) is 19.9 Å². The molecule has 0 aromatic heterocycles. The summed E-state index contributed by atoms with van der Waals surface area (Å²) < 4.78 is 51.2. The van der Waals surface area contributed by atoms with Gasteiger partial charge in [-0.2, -0.15) is 13.2 Å². The molecule has 0 amide bonds. The molecule has 0 atom stereocenters. The Hall–Kier alpha value is -1.14. The standard InChI is InChI=1S/C11H13F4NO/c1-10(2,6-17-16)8-4-3-7(12)5-9(8)11(13,14)15/h3-5H,6,16H2,1-2H3. The van der Waals surface area contributed by atoms with Gasteiger partial charge in [-0.05, 0) is 17.7 Å². The van der Waals surface area contributed by atoms with Gasteiger partial charge >= 0.3 is 6.18 Å². The average Bonchev–Trinajstić information content (AvgIpc) is 2.15. The minimum atomic E-state index is -4.61. The van der Waals surface area contributed by atoms with Crippen LogP contribution in [0.2, 0.25) is 0 Å². The molecule has 0 fully saturated rings. The third-order valence-electron chi connectivity index (χ3n) is 2.46. The fourth-order valence-electron chi connectivity index (χ4n) is 1.63. The van der Waals surface area contributed by atoms with Crippen molar-refractivity contribution in [2.24, 2.45) is 5.90 Å². The van der Waals surface area contributed by atoms with Gasteiger partial charge in [-0.25, -0.2) is 10.3 Å². The summed E-state index contributed by atoms with van der Waals surface area (Å²) in [4.78, 5) is 4.40. The SMILES string of the molecule is CC(C)(CON)c1ccc(F)cc1C(F)(F)F. The Bertz CT molecular complexity index is 401. The lowest BCUT2D eigenvalue weighted by molar-refractivity contribution is -0.139. The summed E-state index contributed by atoms with van der Waals surface area (Å²) >= 11 is 0. The van der Waals surface area contributed by atoms with Crippen molar-refractivity contribution in [1.82, 2.24) is 0 Å². The summed E-state index contributed by atoms with van der Waals surface area (Å²) in [5, 5.41) is 0. The van der Waals surface area contributed by atoms with Crippen LogP contribution in [0.1, 0.15) is 25.0 Å². The zero-order chi connectivity index (χ0) is 13.3. The van der Waals surface area contributed by atoms with Gasteiger partial charge in [-0.15, -0.1) is 0 Å². The normalized spacial score (nSPS) is 12.9. The highest BCUT2D eigenvalue weighted by atomic mass is 19.4. The van der Waals surface area contributed by atoms with E-state index in [1.165, 1.54) is 0 Å². The lowest BCUT2D eigenvalue weighted by Crippen LogP contribution is -2.29. The molecule has 0 aliphatic heterocycles. The monoisotopic (exact) mass is 251 g/mol. The second-order valence-corrected chi connectivity index (χ2v) is 4.38. The molecule has 17 heavy (non-hydrogen) atoms. The molecular weight excluding hydrogens is 238 g/mol. The highest BCUT2D eigenvalue weighted by Gasteiger charge is 2.38. The first-order valence-corrected chi connectivity index (χ1v) is 4.87. The van der Waals surface area contributed by atoms with Crippen molar-refractivity contribution in [2.45, 2.75) is 25.4 Å². The van der Waals surface area contributed by atoms with E-state index in [4.69, 9.17) is 5.90 Å². The fraction of sp³-hybridized carbons (Fsp3) is 0.455. The van der Waals surface area contributed by atoms with E-state index in [0.29, 0.717) is 6.07 Å². The molecule has 1 rings (SSSR count). The van der Waals surface area contributed by atoms with E-state index in [-0.39, 0.29) is 12.2 Å². The van der Waals surface area contributed by atoms with Gasteiger partial charge in [0, 0.05) is 5.41 Å². The number of alkyl halides is 3. The minimum Gasteiger partial charge on any atom is -0.304 e. The number of benzene rings is 1. The van der Waals surface area contributed by atoms with Crippen LogP contribution in [0.15, 0.2) is 18.2 Å². The zero-order valence-electron chi connectivity index (χ0n) is 9.44. The average molecular weight is 251 g/mol. The van der Waals surface area contributed by atoms with Gasteiger partial charge in [0.1, 0.15) is 5.82 Å². The molecule has 1 aromatic rings. The maximum Gasteiger partial charge on any atom is 0.416 e. The van der Waals surface area contributed by atoms with E-state index < -0.39 is 23.0 Å². The molecule has 96 valence electrons. The van der Waals surface area contributed by atoms with Gasteiger partial charge in [-0.3, -0.25) is 0 Å². The van der Waals surface area contributed by atoms with E-state index in [1.807, 2.05) is 0 Å². The predicted octanol–water partition coefficient (Wildman–Crippen LogP) is 3.01. The third-order valence-corrected chi connectivity index (χ3v) is 2.46. The molecule has 0 aliphatic carbocycles. The molecule has 0 spiro atoms. The molecule has 0 radical (unpaired) electrons. The molecule has 0 aliphatic rings. The number of hydrogen-bond acceptors (Lipinski definition) is 2. The third kappa shape index (κ3) is 3.17. The molecule has 0 unspecified atom stereocenters. The van der Waals surface area contributed by atoms with E-state index in [9.17, 15) is 17.6 Å². The fourth-order valence-corrected chi connectivity index (χ4v) is 1.63. The van der Waals surface area contributed by atoms with Gasteiger partial charge in [0.15, 0.2) is 0 Å². The van der Waals surface area contributed by atoms with Crippen LogP contribution in [0.5, 0.6) is 0 Å². The van der Waals surface area contributed by atoms with Crippen molar-refractivity contribution < 1.29 is 22.4 Å². The van der Waals surface area contributed by atoms with Crippen LogP contribution >= 0.6 is 0 Å². The van der Waals surface area contributed by atoms with E-state index >= 15 is 0 Å². The van der Waals surface area contributed by atoms with Crippen LogP contribution in [0, 0.1) is 5.82 Å². The maximum absolute atomic E-state index is 12.9. The quantitative estimate of drug-likeness (QED) is 0.662. The molecule has 2 N–H and O–H groups in total. The molecule has 0 saturated heterocycles. The van der Waals surface area contributed by atoms with Crippen LogP contribution in [-0.4, -0.2) is 6.61 Å². The molecule has 0 bridgehead atoms. The molecule has 6 heteroatoms. The van der Waals surface area contributed by atoms with Crippen molar-refractivity contribution in [3.63, 3.8) is 0 Å². The van der Waals surface area contributed by atoms with Crippen LogP contribution < -0.4 is 5.90 Å². The summed E-state index contributed by atoms with van der Waals surface area (Å²) in [6.45, 7) is 2.99. The van der Waals surface area contributed by atoms with E-state index in [1.54, 1.807) is 13.8 Å². The van der Waals surface area contributed by atoms with Gasteiger partial charge in [0.2, 0.25) is 0 Å². The first-order chi connectivity index (χ1) is 7.68. The zero-order valence-corrected chi connectivity index (χ0v) is 9.44.